The van der Waals surface area contributed by atoms with Crippen molar-refractivity contribution in [3.05, 3.63) is 17.9 Å². The van der Waals surface area contributed by atoms with Gasteiger partial charge < -0.3 is 24.4 Å². The summed E-state index contributed by atoms with van der Waals surface area (Å²) in [6.45, 7) is 0.374. The van der Waals surface area contributed by atoms with E-state index in [2.05, 4.69) is 0 Å². The van der Waals surface area contributed by atoms with Crippen molar-refractivity contribution in [1.29, 1.82) is 0 Å². The number of hydrogen-bond acceptors (Lipinski definition) is 5. The molecule has 0 aliphatic rings. The Kier molecular flexibility index (Phi) is 3.10. The third-order valence-corrected chi connectivity index (χ3v) is 2.66. The fourth-order valence-corrected chi connectivity index (χ4v) is 1.87. The number of methoxy groups -OCH3 is 3. The number of fused-ring (bicyclic) bond motifs is 1. The van der Waals surface area contributed by atoms with Gasteiger partial charge in [-0.3, -0.25) is 0 Å². The van der Waals surface area contributed by atoms with E-state index in [1.807, 2.05) is 0 Å². The molecule has 0 fully saturated rings. The van der Waals surface area contributed by atoms with Crippen molar-refractivity contribution in [1.82, 2.24) is 0 Å². The maximum absolute atomic E-state index is 5.66. The quantitative estimate of drug-likeness (QED) is 0.879. The second kappa shape index (κ2) is 4.55. The third kappa shape index (κ3) is 1.68. The predicted molar refractivity (Wildman–Crippen MR) is 63.8 cm³/mol. The van der Waals surface area contributed by atoms with Crippen molar-refractivity contribution in [2.24, 2.45) is 5.73 Å². The molecule has 1 heterocycles. The lowest BCUT2D eigenvalue weighted by Gasteiger charge is -2.12. The van der Waals surface area contributed by atoms with E-state index in [4.69, 9.17) is 24.4 Å². The molecule has 0 bridgehead atoms. The number of furan rings is 1. The average molecular weight is 237 g/mol. The van der Waals surface area contributed by atoms with Crippen molar-refractivity contribution in [2.45, 2.75) is 6.54 Å². The van der Waals surface area contributed by atoms with E-state index in [1.54, 1.807) is 33.7 Å². The Balaban J connectivity index is 2.82. The zero-order valence-electron chi connectivity index (χ0n) is 10.1. The van der Waals surface area contributed by atoms with Crippen LogP contribution in [0.15, 0.2) is 16.7 Å². The molecule has 1 aromatic heterocycles. The minimum Gasteiger partial charge on any atom is -0.493 e. The highest BCUT2D eigenvalue weighted by Gasteiger charge is 2.20. The van der Waals surface area contributed by atoms with Gasteiger partial charge in [0.2, 0.25) is 5.75 Å². The fourth-order valence-electron chi connectivity index (χ4n) is 1.87. The Morgan fingerprint density at radius 2 is 1.82 bits per heavy atom. The summed E-state index contributed by atoms with van der Waals surface area (Å²) in [5, 5.41) is 0.827. The average Bonchev–Trinajstić information content (AvgIpc) is 2.78. The Morgan fingerprint density at radius 3 is 2.35 bits per heavy atom. The molecular formula is C12H15NO4. The van der Waals surface area contributed by atoms with Crippen LogP contribution in [0.4, 0.5) is 0 Å². The molecule has 5 heteroatoms. The molecule has 0 unspecified atom stereocenters. The minimum atomic E-state index is 0.374. The van der Waals surface area contributed by atoms with Crippen molar-refractivity contribution in [3.63, 3.8) is 0 Å². The second-order valence-electron chi connectivity index (χ2n) is 3.48. The SMILES string of the molecule is COc1cc2occ(CN)c2c(OC)c1OC. The first-order chi connectivity index (χ1) is 8.26. The second-order valence-corrected chi connectivity index (χ2v) is 3.48. The van der Waals surface area contributed by atoms with E-state index in [9.17, 15) is 0 Å². The largest absolute Gasteiger partial charge is 0.493 e. The maximum Gasteiger partial charge on any atom is 0.204 e. The van der Waals surface area contributed by atoms with Crippen LogP contribution in [0, 0.1) is 0 Å². The molecule has 2 rings (SSSR count). The summed E-state index contributed by atoms with van der Waals surface area (Å²) in [6, 6.07) is 1.76. The van der Waals surface area contributed by atoms with Crippen molar-refractivity contribution >= 4 is 11.0 Å². The summed E-state index contributed by atoms with van der Waals surface area (Å²) in [6.07, 6.45) is 1.62. The highest BCUT2D eigenvalue weighted by molar-refractivity contribution is 5.92. The van der Waals surface area contributed by atoms with Crippen LogP contribution >= 0.6 is 0 Å². The highest BCUT2D eigenvalue weighted by atomic mass is 16.5. The fraction of sp³-hybridized carbons (Fsp3) is 0.333. The Bertz CT molecular complexity index is 533. The lowest BCUT2D eigenvalue weighted by molar-refractivity contribution is 0.326. The van der Waals surface area contributed by atoms with Crippen LogP contribution in [0.5, 0.6) is 17.2 Å². The lowest BCUT2D eigenvalue weighted by Crippen LogP contribution is -1.98. The van der Waals surface area contributed by atoms with Gasteiger partial charge in [0.15, 0.2) is 11.5 Å². The van der Waals surface area contributed by atoms with Crippen molar-refractivity contribution in [2.75, 3.05) is 21.3 Å². The normalized spacial score (nSPS) is 10.6. The molecule has 92 valence electrons. The van der Waals surface area contributed by atoms with Gasteiger partial charge in [-0.15, -0.1) is 0 Å². The van der Waals surface area contributed by atoms with Gasteiger partial charge in [-0.2, -0.15) is 0 Å². The van der Waals surface area contributed by atoms with Crippen LogP contribution in [0.25, 0.3) is 11.0 Å². The van der Waals surface area contributed by atoms with E-state index in [-0.39, 0.29) is 0 Å². The van der Waals surface area contributed by atoms with Gasteiger partial charge in [-0.25, -0.2) is 0 Å². The summed E-state index contributed by atoms with van der Waals surface area (Å²) in [7, 11) is 4.70. The van der Waals surface area contributed by atoms with E-state index >= 15 is 0 Å². The Labute approximate surface area is 99.0 Å². The van der Waals surface area contributed by atoms with Crippen LogP contribution in [0.3, 0.4) is 0 Å². The summed E-state index contributed by atoms with van der Waals surface area (Å²) in [5.41, 5.74) is 7.20. The van der Waals surface area contributed by atoms with E-state index in [0.717, 1.165) is 10.9 Å². The van der Waals surface area contributed by atoms with Gasteiger partial charge in [0.05, 0.1) is 33.0 Å². The minimum absolute atomic E-state index is 0.374. The van der Waals surface area contributed by atoms with Gasteiger partial charge in [-0.05, 0) is 0 Å². The molecule has 1 aromatic carbocycles. The van der Waals surface area contributed by atoms with Gasteiger partial charge in [0, 0.05) is 18.2 Å². The molecular weight excluding hydrogens is 222 g/mol. The highest BCUT2D eigenvalue weighted by Crippen LogP contribution is 2.45. The third-order valence-electron chi connectivity index (χ3n) is 2.66. The standard InChI is InChI=1S/C12H15NO4/c1-14-9-4-8-10(7(5-13)6-17-8)12(16-3)11(9)15-2/h4,6H,5,13H2,1-3H3. The Hall–Kier alpha value is -1.88. The summed E-state index contributed by atoms with van der Waals surface area (Å²) in [5.74, 6) is 1.68. The molecule has 0 saturated heterocycles. The lowest BCUT2D eigenvalue weighted by atomic mass is 10.1. The van der Waals surface area contributed by atoms with Crippen LogP contribution < -0.4 is 19.9 Å². The van der Waals surface area contributed by atoms with Gasteiger partial charge in [-0.1, -0.05) is 0 Å². The molecule has 5 nitrogen and oxygen atoms in total. The van der Waals surface area contributed by atoms with E-state index in [0.29, 0.717) is 29.4 Å². The van der Waals surface area contributed by atoms with Crippen LogP contribution in [-0.4, -0.2) is 21.3 Å². The summed E-state index contributed by atoms with van der Waals surface area (Å²) >= 11 is 0. The molecule has 0 saturated carbocycles. The first-order valence-corrected chi connectivity index (χ1v) is 5.15. The van der Waals surface area contributed by atoms with E-state index in [1.165, 1.54) is 0 Å². The summed E-state index contributed by atoms with van der Waals surface area (Å²) in [4.78, 5) is 0. The maximum atomic E-state index is 5.66. The number of benzene rings is 1. The predicted octanol–water partition coefficient (Wildman–Crippen LogP) is 1.92. The first-order valence-electron chi connectivity index (χ1n) is 5.15. The molecule has 0 amide bonds. The van der Waals surface area contributed by atoms with Crippen LogP contribution in [0.2, 0.25) is 0 Å². The smallest absolute Gasteiger partial charge is 0.204 e. The zero-order chi connectivity index (χ0) is 12.4. The molecule has 0 aliphatic heterocycles. The topological polar surface area (TPSA) is 66.9 Å². The summed E-state index contributed by atoms with van der Waals surface area (Å²) < 4.78 is 21.3. The number of rotatable bonds is 4. The number of hydrogen-bond donors (Lipinski definition) is 1. The zero-order valence-corrected chi connectivity index (χ0v) is 10.1. The number of ether oxygens (including phenoxy) is 3. The molecule has 0 spiro atoms. The van der Waals surface area contributed by atoms with Crippen LogP contribution in [-0.2, 0) is 6.54 Å². The van der Waals surface area contributed by atoms with E-state index < -0.39 is 0 Å². The van der Waals surface area contributed by atoms with Crippen molar-refractivity contribution < 1.29 is 18.6 Å². The molecule has 0 radical (unpaired) electrons. The Morgan fingerprint density at radius 1 is 1.12 bits per heavy atom. The molecule has 0 atom stereocenters. The van der Waals surface area contributed by atoms with Crippen LogP contribution in [0.1, 0.15) is 5.56 Å². The van der Waals surface area contributed by atoms with Gasteiger partial charge in [0.1, 0.15) is 5.58 Å². The first kappa shape index (κ1) is 11.6. The molecule has 2 N–H and O–H groups in total. The molecule has 17 heavy (non-hydrogen) atoms. The number of nitrogens with two attached hydrogens (primary N) is 1. The monoisotopic (exact) mass is 237 g/mol. The molecule has 0 aliphatic carbocycles. The van der Waals surface area contributed by atoms with Gasteiger partial charge >= 0.3 is 0 Å². The van der Waals surface area contributed by atoms with Gasteiger partial charge in [0.25, 0.3) is 0 Å². The van der Waals surface area contributed by atoms with Crippen molar-refractivity contribution in [3.8, 4) is 17.2 Å². The molecule has 2 aromatic rings.